The van der Waals surface area contributed by atoms with E-state index in [1.807, 2.05) is 6.20 Å². The number of hydrogen-bond donors (Lipinski definition) is 0. The first kappa shape index (κ1) is 12.9. The summed E-state index contributed by atoms with van der Waals surface area (Å²) in [6, 6.07) is 2.58. The van der Waals surface area contributed by atoms with E-state index in [0.29, 0.717) is 11.9 Å². The molecule has 3 nitrogen and oxygen atoms in total. The summed E-state index contributed by atoms with van der Waals surface area (Å²) in [4.78, 5) is 9.32. The van der Waals surface area contributed by atoms with Crippen LogP contribution in [-0.4, -0.2) is 20.4 Å². The normalized spacial score (nSPS) is 17.0. The summed E-state index contributed by atoms with van der Waals surface area (Å²) >= 11 is 5.92. The zero-order valence-electron chi connectivity index (χ0n) is 11.6. The Bertz CT molecular complexity index is 586. The first-order chi connectivity index (χ1) is 9.19. The highest BCUT2D eigenvalue weighted by Gasteiger charge is 2.26. The topological polar surface area (TPSA) is 30.7 Å². The van der Waals surface area contributed by atoms with Crippen molar-refractivity contribution in [3.63, 3.8) is 0 Å². The Balaban J connectivity index is 2.04. The maximum absolute atomic E-state index is 5.92. The van der Waals surface area contributed by atoms with Crippen LogP contribution in [0.3, 0.4) is 0 Å². The molecular weight excluding hydrogens is 258 g/mol. The standard InChI is InChI=1S/C15H20ClN3/c1-10-7-13-15(17-9-10)19(14(18-13)5-6-16)11(2)8-12-3-4-12/h7,9,11-12H,3-6,8H2,1-2H3. The Labute approximate surface area is 119 Å². The maximum Gasteiger partial charge on any atom is 0.160 e. The average molecular weight is 278 g/mol. The molecule has 1 atom stereocenters. The largest absolute Gasteiger partial charge is 0.310 e. The van der Waals surface area contributed by atoms with Crippen molar-refractivity contribution in [3.8, 4) is 0 Å². The van der Waals surface area contributed by atoms with Crippen molar-refractivity contribution in [2.45, 2.75) is 45.6 Å². The Morgan fingerprint density at radius 1 is 1.47 bits per heavy atom. The second kappa shape index (κ2) is 5.12. The number of hydrogen-bond acceptors (Lipinski definition) is 2. The van der Waals surface area contributed by atoms with Gasteiger partial charge in [-0.2, -0.15) is 0 Å². The monoisotopic (exact) mass is 277 g/mol. The van der Waals surface area contributed by atoms with Crippen LogP contribution in [0.1, 0.15) is 43.6 Å². The van der Waals surface area contributed by atoms with Crippen LogP contribution in [0.4, 0.5) is 0 Å². The Kier molecular flexibility index (Phi) is 3.48. The molecule has 1 aliphatic carbocycles. The summed E-state index contributed by atoms with van der Waals surface area (Å²) in [5, 5.41) is 0. The fourth-order valence-electron chi connectivity index (χ4n) is 2.79. The molecule has 2 aromatic heterocycles. The summed E-state index contributed by atoms with van der Waals surface area (Å²) in [7, 11) is 0. The van der Waals surface area contributed by atoms with E-state index in [-0.39, 0.29) is 0 Å². The van der Waals surface area contributed by atoms with Crippen molar-refractivity contribution in [1.29, 1.82) is 0 Å². The minimum Gasteiger partial charge on any atom is -0.310 e. The van der Waals surface area contributed by atoms with Gasteiger partial charge in [0.2, 0.25) is 0 Å². The maximum atomic E-state index is 5.92. The molecule has 0 aliphatic heterocycles. The zero-order valence-corrected chi connectivity index (χ0v) is 12.3. The van der Waals surface area contributed by atoms with Crippen LogP contribution in [0.15, 0.2) is 12.3 Å². The molecule has 102 valence electrons. The van der Waals surface area contributed by atoms with Gasteiger partial charge in [0.25, 0.3) is 0 Å². The molecular formula is C15H20ClN3. The van der Waals surface area contributed by atoms with Gasteiger partial charge >= 0.3 is 0 Å². The van der Waals surface area contributed by atoms with Crippen LogP contribution in [-0.2, 0) is 6.42 Å². The third-order valence-corrected chi connectivity index (χ3v) is 4.06. The molecule has 1 fully saturated rings. The van der Waals surface area contributed by atoms with Gasteiger partial charge < -0.3 is 4.57 Å². The van der Waals surface area contributed by atoms with E-state index in [1.165, 1.54) is 19.3 Å². The minimum atomic E-state index is 0.464. The van der Waals surface area contributed by atoms with Gasteiger partial charge in [0.1, 0.15) is 11.3 Å². The smallest absolute Gasteiger partial charge is 0.160 e. The van der Waals surface area contributed by atoms with Gasteiger partial charge in [-0.25, -0.2) is 9.97 Å². The molecule has 0 bridgehead atoms. The zero-order chi connectivity index (χ0) is 13.4. The fourth-order valence-corrected chi connectivity index (χ4v) is 2.96. The number of alkyl halides is 1. The summed E-state index contributed by atoms with van der Waals surface area (Å²) in [5.41, 5.74) is 3.17. The van der Waals surface area contributed by atoms with Crippen LogP contribution in [0.5, 0.6) is 0 Å². The number of aryl methyl sites for hydroxylation is 2. The molecule has 19 heavy (non-hydrogen) atoms. The Morgan fingerprint density at radius 2 is 2.26 bits per heavy atom. The van der Waals surface area contributed by atoms with Crippen LogP contribution < -0.4 is 0 Å². The molecule has 1 saturated carbocycles. The number of fused-ring (bicyclic) bond motifs is 1. The van der Waals surface area contributed by atoms with Gasteiger partial charge in [-0.3, -0.25) is 0 Å². The SMILES string of the molecule is Cc1cnc2c(c1)nc(CCCl)n2C(C)CC1CC1. The molecule has 0 radical (unpaired) electrons. The van der Waals surface area contributed by atoms with Crippen molar-refractivity contribution in [1.82, 2.24) is 14.5 Å². The van der Waals surface area contributed by atoms with Gasteiger partial charge in [-0.1, -0.05) is 12.8 Å². The molecule has 3 rings (SSSR count). The van der Waals surface area contributed by atoms with E-state index in [0.717, 1.165) is 34.9 Å². The second-order valence-electron chi connectivity index (χ2n) is 5.72. The quantitative estimate of drug-likeness (QED) is 0.777. The number of nitrogens with zero attached hydrogens (tertiary/aromatic N) is 3. The predicted octanol–water partition coefficient (Wildman–Crippen LogP) is 3.88. The lowest BCUT2D eigenvalue weighted by Gasteiger charge is -2.16. The molecule has 1 aliphatic rings. The summed E-state index contributed by atoms with van der Waals surface area (Å²) in [5.74, 6) is 2.59. The lowest BCUT2D eigenvalue weighted by molar-refractivity contribution is 0.471. The van der Waals surface area contributed by atoms with Gasteiger partial charge in [-0.15, -0.1) is 11.6 Å². The molecule has 4 heteroatoms. The van der Waals surface area contributed by atoms with Crippen molar-refractivity contribution in [2.75, 3.05) is 5.88 Å². The number of imidazole rings is 1. The molecule has 0 amide bonds. The van der Waals surface area contributed by atoms with Gasteiger partial charge in [0.05, 0.1) is 0 Å². The highest BCUT2D eigenvalue weighted by Crippen LogP contribution is 2.37. The molecule has 0 spiro atoms. The lowest BCUT2D eigenvalue weighted by atomic mass is 10.1. The van der Waals surface area contributed by atoms with E-state index in [1.54, 1.807) is 0 Å². The molecule has 0 N–H and O–H groups in total. The number of rotatable bonds is 5. The molecule has 0 saturated heterocycles. The average Bonchev–Trinajstić information content (AvgIpc) is 3.09. The molecule has 0 aromatic carbocycles. The van der Waals surface area contributed by atoms with Gasteiger partial charge in [0.15, 0.2) is 5.65 Å². The van der Waals surface area contributed by atoms with Crippen LogP contribution in [0.2, 0.25) is 0 Å². The summed E-state index contributed by atoms with van der Waals surface area (Å²) in [6.07, 6.45) is 6.74. The predicted molar refractivity (Wildman–Crippen MR) is 78.7 cm³/mol. The second-order valence-corrected chi connectivity index (χ2v) is 6.10. The van der Waals surface area contributed by atoms with E-state index < -0.39 is 0 Å². The number of halogens is 1. The van der Waals surface area contributed by atoms with Crippen LogP contribution in [0.25, 0.3) is 11.2 Å². The highest BCUT2D eigenvalue weighted by atomic mass is 35.5. The summed E-state index contributed by atoms with van der Waals surface area (Å²) < 4.78 is 2.30. The van der Waals surface area contributed by atoms with Gasteiger partial charge in [0, 0.05) is 24.5 Å². The van der Waals surface area contributed by atoms with Crippen LogP contribution in [0, 0.1) is 12.8 Å². The highest BCUT2D eigenvalue weighted by molar-refractivity contribution is 6.17. The summed E-state index contributed by atoms with van der Waals surface area (Å²) in [6.45, 7) is 4.33. The fraction of sp³-hybridized carbons (Fsp3) is 0.600. The Morgan fingerprint density at radius 3 is 2.95 bits per heavy atom. The van der Waals surface area contributed by atoms with Crippen LogP contribution >= 0.6 is 11.6 Å². The first-order valence-corrected chi connectivity index (χ1v) is 7.62. The molecule has 2 aromatic rings. The minimum absolute atomic E-state index is 0.464. The third-order valence-electron chi connectivity index (χ3n) is 3.87. The van der Waals surface area contributed by atoms with Crippen molar-refractivity contribution < 1.29 is 0 Å². The van der Waals surface area contributed by atoms with E-state index in [4.69, 9.17) is 16.6 Å². The molecule has 2 heterocycles. The van der Waals surface area contributed by atoms with E-state index >= 15 is 0 Å². The van der Waals surface area contributed by atoms with Crippen molar-refractivity contribution >= 4 is 22.8 Å². The Hall–Kier alpha value is -1.09. The van der Waals surface area contributed by atoms with E-state index in [2.05, 4.69) is 29.5 Å². The van der Waals surface area contributed by atoms with E-state index in [9.17, 15) is 0 Å². The van der Waals surface area contributed by atoms with Crippen molar-refractivity contribution in [2.24, 2.45) is 5.92 Å². The van der Waals surface area contributed by atoms with Crippen molar-refractivity contribution in [3.05, 3.63) is 23.7 Å². The number of aromatic nitrogens is 3. The number of pyridine rings is 1. The third kappa shape index (κ3) is 2.62. The lowest BCUT2D eigenvalue weighted by Crippen LogP contribution is -2.11. The first-order valence-electron chi connectivity index (χ1n) is 7.08. The van der Waals surface area contributed by atoms with Gasteiger partial charge in [-0.05, 0) is 37.8 Å². The molecule has 1 unspecified atom stereocenters.